The summed E-state index contributed by atoms with van der Waals surface area (Å²) in [5.74, 6) is -1.29. The number of hydrogen-bond donors (Lipinski definition) is 4. The minimum Gasteiger partial charge on any atom is -0.481 e. The molecule has 7 heteroatoms. The first kappa shape index (κ1) is 21.0. The van der Waals surface area contributed by atoms with Gasteiger partial charge in [0.25, 0.3) is 5.91 Å². The molecule has 0 aliphatic heterocycles. The first-order valence-electron chi connectivity index (χ1n) is 9.15. The predicted octanol–water partition coefficient (Wildman–Crippen LogP) is 4.09. The molecule has 0 atom stereocenters. The Morgan fingerprint density at radius 2 is 1.39 bits per heavy atom. The normalized spacial score (nSPS) is 10.8. The third kappa shape index (κ3) is 5.84. The van der Waals surface area contributed by atoms with E-state index in [9.17, 15) is 14.4 Å². The molecule has 0 aromatic heterocycles. The quantitative estimate of drug-likeness (QED) is 0.550. The molecule has 0 heterocycles. The summed E-state index contributed by atoms with van der Waals surface area (Å²) in [7, 11) is 0. The summed E-state index contributed by atoms with van der Waals surface area (Å²) < 4.78 is 0. The number of benzene rings is 2. The standard InChI is InChI=1S/C21H25N3O4/c1-3-21(4-2,14-18(25)26)24-19(27)15-10-12-17(13-11-15)23-20(28)22-16-8-6-5-7-9-16/h5-13H,3-4,14H2,1-2H3,(H,24,27)(H,25,26)(H2,22,23,28). The number of urea groups is 1. The van der Waals surface area contributed by atoms with Gasteiger partial charge in [0.1, 0.15) is 0 Å². The van der Waals surface area contributed by atoms with E-state index in [-0.39, 0.29) is 18.4 Å². The van der Waals surface area contributed by atoms with Gasteiger partial charge >= 0.3 is 12.0 Å². The minimum atomic E-state index is -0.951. The smallest absolute Gasteiger partial charge is 0.323 e. The lowest BCUT2D eigenvalue weighted by Gasteiger charge is -2.31. The van der Waals surface area contributed by atoms with Crippen molar-refractivity contribution in [2.24, 2.45) is 0 Å². The van der Waals surface area contributed by atoms with Crippen LogP contribution in [-0.2, 0) is 4.79 Å². The highest BCUT2D eigenvalue weighted by Gasteiger charge is 2.31. The molecule has 0 fully saturated rings. The van der Waals surface area contributed by atoms with Crippen LogP contribution in [-0.4, -0.2) is 28.6 Å². The second kappa shape index (κ2) is 9.55. The highest BCUT2D eigenvalue weighted by atomic mass is 16.4. The van der Waals surface area contributed by atoms with E-state index in [2.05, 4.69) is 16.0 Å². The zero-order chi connectivity index (χ0) is 20.6. The first-order valence-corrected chi connectivity index (χ1v) is 9.15. The number of carbonyl (C=O) groups is 3. The third-order valence-electron chi connectivity index (χ3n) is 4.66. The van der Waals surface area contributed by atoms with Gasteiger partial charge in [0.05, 0.1) is 12.0 Å². The number of carboxylic acid groups (broad SMARTS) is 1. The van der Waals surface area contributed by atoms with Crippen molar-refractivity contribution < 1.29 is 19.5 Å². The van der Waals surface area contributed by atoms with E-state index >= 15 is 0 Å². The SMILES string of the molecule is CCC(CC)(CC(=O)O)NC(=O)c1ccc(NC(=O)Nc2ccccc2)cc1. The fraction of sp³-hybridized carbons (Fsp3) is 0.286. The lowest BCUT2D eigenvalue weighted by molar-refractivity contribution is -0.138. The molecule has 0 aliphatic rings. The van der Waals surface area contributed by atoms with Crippen molar-refractivity contribution in [3.05, 3.63) is 60.2 Å². The molecule has 0 bridgehead atoms. The fourth-order valence-electron chi connectivity index (χ4n) is 2.84. The van der Waals surface area contributed by atoms with E-state index in [0.717, 1.165) is 0 Å². The number of anilines is 2. The van der Waals surface area contributed by atoms with Crippen LogP contribution in [0.15, 0.2) is 54.6 Å². The van der Waals surface area contributed by atoms with Crippen LogP contribution >= 0.6 is 0 Å². The van der Waals surface area contributed by atoms with Gasteiger partial charge in [0.2, 0.25) is 0 Å². The zero-order valence-electron chi connectivity index (χ0n) is 16.0. The maximum absolute atomic E-state index is 12.5. The van der Waals surface area contributed by atoms with Gasteiger partial charge in [0.15, 0.2) is 0 Å². The molecule has 2 aromatic carbocycles. The van der Waals surface area contributed by atoms with E-state index in [1.54, 1.807) is 36.4 Å². The maximum atomic E-state index is 12.5. The van der Waals surface area contributed by atoms with E-state index in [1.165, 1.54) is 0 Å². The van der Waals surface area contributed by atoms with Crippen molar-refractivity contribution in [2.45, 2.75) is 38.6 Å². The number of aliphatic carboxylic acids is 1. The van der Waals surface area contributed by atoms with Crippen molar-refractivity contribution in [1.82, 2.24) is 5.32 Å². The molecule has 0 unspecified atom stereocenters. The highest BCUT2D eigenvalue weighted by Crippen LogP contribution is 2.21. The van der Waals surface area contributed by atoms with Crippen molar-refractivity contribution in [2.75, 3.05) is 10.6 Å². The molecular formula is C21H25N3O4. The summed E-state index contributed by atoms with van der Waals surface area (Å²) >= 11 is 0. The Morgan fingerprint density at radius 3 is 1.89 bits per heavy atom. The Bertz CT molecular complexity index is 815. The molecule has 0 aliphatic carbocycles. The van der Waals surface area contributed by atoms with Gasteiger partial charge < -0.3 is 21.1 Å². The van der Waals surface area contributed by atoms with Crippen LogP contribution in [0.1, 0.15) is 43.5 Å². The topological polar surface area (TPSA) is 108 Å². The van der Waals surface area contributed by atoms with Crippen molar-refractivity contribution in [3.8, 4) is 0 Å². The summed E-state index contributed by atoms with van der Waals surface area (Å²) in [6.45, 7) is 3.70. The highest BCUT2D eigenvalue weighted by molar-refractivity contribution is 6.00. The number of carbonyl (C=O) groups excluding carboxylic acids is 2. The number of nitrogens with one attached hydrogen (secondary N) is 3. The van der Waals surface area contributed by atoms with Gasteiger partial charge in [-0.2, -0.15) is 0 Å². The molecule has 0 saturated heterocycles. The monoisotopic (exact) mass is 383 g/mol. The van der Waals surface area contributed by atoms with E-state index in [4.69, 9.17) is 5.11 Å². The lowest BCUT2D eigenvalue weighted by atomic mass is 9.88. The molecule has 0 spiro atoms. The molecule has 0 saturated carbocycles. The minimum absolute atomic E-state index is 0.134. The van der Waals surface area contributed by atoms with E-state index in [0.29, 0.717) is 29.8 Å². The van der Waals surface area contributed by atoms with E-state index < -0.39 is 11.5 Å². The number of rotatable bonds is 8. The van der Waals surface area contributed by atoms with Crippen LogP contribution in [0, 0.1) is 0 Å². The number of amides is 3. The summed E-state index contributed by atoms with van der Waals surface area (Å²) in [6, 6.07) is 15.1. The van der Waals surface area contributed by atoms with Crippen molar-refractivity contribution in [1.29, 1.82) is 0 Å². The molecule has 3 amide bonds. The van der Waals surface area contributed by atoms with Crippen LogP contribution in [0.2, 0.25) is 0 Å². The molecule has 28 heavy (non-hydrogen) atoms. The number of para-hydroxylation sites is 1. The average molecular weight is 383 g/mol. The molecule has 2 aromatic rings. The van der Waals surface area contributed by atoms with Crippen LogP contribution < -0.4 is 16.0 Å². The Labute approximate surface area is 164 Å². The largest absolute Gasteiger partial charge is 0.481 e. The molecule has 0 radical (unpaired) electrons. The lowest BCUT2D eigenvalue weighted by Crippen LogP contribution is -2.49. The van der Waals surface area contributed by atoms with Crippen molar-refractivity contribution >= 4 is 29.3 Å². The zero-order valence-corrected chi connectivity index (χ0v) is 16.0. The van der Waals surface area contributed by atoms with Gasteiger partial charge in [-0.15, -0.1) is 0 Å². The van der Waals surface area contributed by atoms with Crippen molar-refractivity contribution in [3.63, 3.8) is 0 Å². The average Bonchev–Trinajstić information content (AvgIpc) is 2.68. The summed E-state index contributed by atoms with van der Waals surface area (Å²) in [4.78, 5) is 35.7. The molecule has 4 N–H and O–H groups in total. The summed E-state index contributed by atoms with van der Waals surface area (Å²) in [5.41, 5.74) is 0.818. The molecule has 148 valence electrons. The third-order valence-corrected chi connectivity index (χ3v) is 4.66. The van der Waals surface area contributed by atoms with Gasteiger partial charge in [-0.3, -0.25) is 9.59 Å². The van der Waals surface area contributed by atoms with Gasteiger partial charge in [0, 0.05) is 16.9 Å². The van der Waals surface area contributed by atoms with Crippen LogP contribution in [0.4, 0.5) is 16.2 Å². The van der Waals surface area contributed by atoms with Crippen LogP contribution in [0.25, 0.3) is 0 Å². The van der Waals surface area contributed by atoms with E-state index in [1.807, 2.05) is 32.0 Å². The number of hydrogen-bond acceptors (Lipinski definition) is 3. The van der Waals surface area contributed by atoms with Gasteiger partial charge in [-0.05, 0) is 49.2 Å². The Kier molecular flexibility index (Phi) is 7.14. The Morgan fingerprint density at radius 1 is 0.857 bits per heavy atom. The van der Waals surface area contributed by atoms with Gasteiger partial charge in [-0.1, -0.05) is 32.0 Å². The first-order chi connectivity index (χ1) is 13.4. The van der Waals surface area contributed by atoms with Crippen LogP contribution in [0.5, 0.6) is 0 Å². The maximum Gasteiger partial charge on any atom is 0.323 e. The summed E-state index contributed by atoms with van der Waals surface area (Å²) in [6.07, 6.45) is 0.896. The second-order valence-electron chi connectivity index (χ2n) is 6.53. The molecule has 7 nitrogen and oxygen atoms in total. The predicted molar refractivity (Wildman–Crippen MR) is 109 cm³/mol. The second-order valence-corrected chi connectivity index (χ2v) is 6.53. The Hall–Kier alpha value is -3.35. The number of carboxylic acids is 1. The molecular weight excluding hydrogens is 358 g/mol. The summed E-state index contributed by atoms with van der Waals surface area (Å²) in [5, 5.41) is 17.4. The van der Waals surface area contributed by atoms with Crippen LogP contribution in [0.3, 0.4) is 0 Å². The fourth-order valence-corrected chi connectivity index (χ4v) is 2.84. The van der Waals surface area contributed by atoms with Gasteiger partial charge in [-0.25, -0.2) is 4.79 Å². The molecule has 2 rings (SSSR count). The Balaban J connectivity index is 2.00.